The van der Waals surface area contributed by atoms with Crippen molar-refractivity contribution >= 4 is 16.7 Å². The molecule has 0 amide bonds. The van der Waals surface area contributed by atoms with Crippen LogP contribution < -0.4 is 5.32 Å². The molecule has 1 saturated heterocycles. The van der Waals surface area contributed by atoms with E-state index in [1.807, 2.05) is 6.92 Å². The van der Waals surface area contributed by atoms with Crippen molar-refractivity contribution in [2.24, 2.45) is 0 Å². The quantitative estimate of drug-likeness (QED) is 0.901. The molecule has 0 saturated carbocycles. The van der Waals surface area contributed by atoms with Gasteiger partial charge in [0.25, 0.3) is 0 Å². The molecule has 1 aliphatic rings. The highest BCUT2D eigenvalue weighted by Crippen LogP contribution is 2.30. The molecule has 2 heterocycles. The lowest BCUT2D eigenvalue weighted by molar-refractivity contribution is -0.137. The Morgan fingerprint density at radius 3 is 2.67 bits per heavy atom. The first-order valence-electron chi connectivity index (χ1n) is 7.85. The Kier molecular flexibility index (Phi) is 5.05. The normalized spacial score (nSPS) is 17.2. The molecular weight excluding hydrogens is 337 g/mol. The van der Waals surface area contributed by atoms with Gasteiger partial charge in [0, 0.05) is 37.2 Å². The Labute approximate surface area is 142 Å². The minimum Gasteiger partial charge on any atom is -0.357 e. The largest absolute Gasteiger partial charge is 0.416 e. The second kappa shape index (κ2) is 7.06. The minimum atomic E-state index is -4.28. The lowest BCUT2D eigenvalue weighted by Gasteiger charge is -2.32. The summed E-state index contributed by atoms with van der Waals surface area (Å²) < 4.78 is 42.5. The van der Waals surface area contributed by atoms with Gasteiger partial charge in [-0.05, 0) is 31.4 Å². The Balaban J connectivity index is 1.52. The smallest absolute Gasteiger partial charge is 0.357 e. The summed E-state index contributed by atoms with van der Waals surface area (Å²) in [6, 6.07) is 5.93. The summed E-state index contributed by atoms with van der Waals surface area (Å²) in [5.41, 5.74) is 0.124. The van der Waals surface area contributed by atoms with Crippen LogP contribution in [0.3, 0.4) is 0 Å². The maximum absolute atomic E-state index is 12.8. The second-order valence-corrected chi connectivity index (χ2v) is 6.79. The predicted octanol–water partition coefficient (Wildman–Crippen LogP) is 3.94. The molecule has 0 aliphatic carbocycles. The van der Waals surface area contributed by atoms with Crippen molar-refractivity contribution in [2.75, 3.05) is 18.4 Å². The third-order valence-electron chi connectivity index (χ3n) is 4.10. The molecule has 1 fully saturated rings. The van der Waals surface area contributed by atoms with E-state index in [0.717, 1.165) is 43.0 Å². The molecule has 0 atom stereocenters. The van der Waals surface area contributed by atoms with Crippen LogP contribution in [0.2, 0.25) is 0 Å². The lowest BCUT2D eigenvalue weighted by atomic mass is 10.0. The molecule has 1 aromatic carbocycles. The number of benzene rings is 1. The number of piperidine rings is 1. The zero-order valence-corrected chi connectivity index (χ0v) is 14.1. The van der Waals surface area contributed by atoms with Crippen molar-refractivity contribution in [3.05, 3.63) is 41.2 Å². The first kappa shape index (κ1) is 17.2. The highest BCUT2D eigenvalue weighted by molar-refractivity contribution is 7.09. The first-order valence-corrected chi connectivity index (χ1v) is 8.63. The number of halogens is 3. The van der Waals surface area contributed by atoms with Crippen molar-refractivity contribution < 1.29 is 13.2 Å². The fourth-order valence-corrected chi connectivity index (χ4v) is 3.52. The number of likely N-dealkylation sites (tertiary alicyclic amines) is 1. The molecule has 1 N–H and O–H groups in total. The van der Waals surface area contributed by atoms with Crippen LogP contribution in [0.5, 0.6) is 0 Å². The third kappa shape index (κ3) is 4.45. The summed E-state index contributed by atoms with van der Waals surface area (Å²) in [5, 5.41) is 4.22. The van der Waals surface area contributed by atoms with Crippen LogP contribution in [0.1, 0.15) is 29.8 Å². The minimum absolute atomic E-state index is 0.343. The number of alkyl halides is 3. The number of anilines is 1. The van der Waals surface area contributed by atoms with Crippen molar-refractivity contribution in [1.82, 2.24) is 14.3 Å². The maximum atomic E-state index is 12.8. The molecular formula is C16H19F3N4S. The molecule has 24 heavy (non-hydrogen) atoms. The number of rotatable bonds is 4. The lowest BCUT2D eigenvalue weighted by Crippen LogP contribution is -2.38. The summed E-state index contributed by atoms with van der Waals surface area (Å²) in [6.07, 6.45) is -2.40. The first-order chi connectivity index (χ1) is 11.4. The Hall–Kier alpha value is -1.67. The standard InChI is InChI=1S/C16H19F3N4S/c1-11-20-15(24-22-11)21-14-5-7-23(8-6-14)10-12-3-2-4-13(9-12)16(17,18)19/h2-4,9,14H,5-8,10H2,1H3,(H,20,21,22). The van der Waals surface area contributed by atoms with E-state index < -0.39 is 11.7 Å². The van der Waals surface area contributed by atoms with Gasteiger partial charge < -0.3 is 5.32 Å². The molecule has 1 aliphatic heterocycles. The molecule has 0 radical (unpaired) electrons. The number of nitrogens with zero attached hydrogens (tertiary/aromatic N) is 3. The van der Waals surface area contributed by atoms with Gasteiger partial charge in [0.1, 0.15) is 5.82 Å². The maximum Gasteiger partial charge on any atom is 0.416 e. The van der Waals surface area contributed by atoms with Gasteiger partial charge in [-0.15, -0.1) is 0 Å². The number of aromatic nitrogens is 2. The molecule has 0 spiro atoms. The number of hydrogen-bond donors (Lipinski definition) is 1. The van der Waals surface area contributed by atoms with Crippen molar-refractivity contribution in [1.29, 1.82) is 0 Å². The Morgan fingerprint density at radius 1 is 1.29 bits per heavy atom. The monoisotopic (exact) mass is 356 g/mol. The van der Waals surface area contributed by atoms with E-state index in [2.05, 4.69) is 19.6 Å². The highest BCUT2D eigenvalue weighted by Gasteiger charge is 2.30. The average molecular weight is 356 g/mol. The molecule has 0 bridgehead atoms. The van der Waals surface area contributed by atoms with Gasteiger partial charge in [0.2, 0.25) is 5.13 Å². The Morgan fingerprint density at radius 2 is 2.04 bits per heavy atom. The summed E-state index contributed by atoms with van der Waals surface area (Å²) >= 11 is 1.36. The van der Waals surface area contributed by atoms with E-state index in [1.54, 1.807) is 6.07 Å². The summed E-state index contributed by atoms with van der Waals surface area (Å²) in [5.74, 6) is 0.768. The third-order valence-corrected chi connectivity index (χ3v) is 4.84. The van der Waals surface area contributed by atoms with E-state index in [-0.39, 0.29) is 0 Å². The van der Waals surface area contributed by atoms with Gasteiger partial charge in [-0.3, -0.25) is 4.90 Å². The molecule has 1 aromatic heterocycles. The molecule has 0 unspecified atom stereocenters. The van der Waals surface area contributed by atoms with Crippen LogP contribution in [-0.2, 0) is 12.7 Å². The van der Waals surface area contributed by atoms with Gasteiger partial charge in [0.15, 0.2) is 0 Å². The van der Waals surface area contributed by atoms with E-state index in [9.17, 15) is 13.2 Å². The van der Waals surface area contributed by atoms with Crippen LogP contribution in [0, 0.1) is 6.92 Å². The van der Waals surface area contributed by atoms with Crippen LogP contribution >= 0.6 is 11.5 Å². The van der Waals surface area contributed by atoms with Crippen molar-refractivity contribution in [3.8, 4) is 0 Å². The zero-order valence-electron chi connectivity index (χ0n) is 13.3. The van der Waals surface area contributed by atoms with Gasteiger partial charge in [-0.2, -0.15) is 17.5 Å². The summed E-state index contributed by atoms with van der Waals surface area (Å²) in [7, 11) is 0. The SMILES string of the molecule is Cc1nsc(NC2CCN(Cc3cccc(C(F)(F)F)c3)CC2)n1. The van der Waals surface area contributed by atoms with Crippen LogP contribution in [0.15, 0.2) is 24.3 Å². The Bertz CT molecular complexity index is 678. The van der Waals surface area contributed by atoms with E-state index in [0.29, 0.717) is 18.2 Å². The van der Waals surface area contributed by atoms with Crippen LogP contribution in [0.25, 0.3) is 0 Å². The average Bonchev–Trinajstić information content (AvgIpc) is 2.94. The van der Waals surface area contributed by atoms with Gasteiger partial charge in [-0.1, -0.05) is 18.2 Å². The van der Waals surface area contributed by atoms with Gasteiger partial charge in [0.05, 0.1) is 5.56 Å². The molecule has 4 nitrogen and oxygen atoms in total. The second-order valence-electron chi connectivity index (χ2n) is 6.04. The number of aryl methyl sites for hydroxylation is 1. The van der Waals surface area contributed by atoms with E-state index >= 15 is 0 Å². The molecule has 2 aromatic rings. The fraction of sp³-hybridized carbons (Fsp3) is 0.500. The van der Waals surface area contributed by atoms with E-state index in [1.165, 1.54) is 23.7 Å². The fourth-order valence-electron chi connectivity index (χ4n) is 2.87. The summed E-state index contributed by atoms with van der Waals surface area (Å²) in [6.45, 7) is 4.12. The van der Waals surface area contributed by atoms with Gasteiger partial charge in [-0.25, -0.2) is 4.98 Å². The molecule has 3 rings (SSSR count). The topological polar surface area (TPSA) is 41.1 Å². The number of nitrogens with one attached hydrogen (secondary N) is 1. The summed E-state index contributed by atoms with van der Waals surface area (Å²) in [4.78, 5) is 6.49. The van der Waals surface area contributed by atoms with Gasteiger partial charge >= 0.3 is 6.18 Å². The number of hydrogen-bond acceptors (Lipinski definition) is 5. The van der Waals surface area contributed by atoms with Crippen molar-refractivity contribution in [3.63, 3.8) is 0 Å². The molecule has 8 heteroatoms. The van der Waals surface area contributed by atoms with Crippen LogP contribution in [-0.4, -0.2) is 33.4 Å². The van der Waals surface area contributed by atoms with Crippen LogP contribution in [0.4, 0.5) is 18.3 Å². The highest BCUT2D eigenvalue weighted by atomic mass is 32.1. The predicted molar refractivity (Wildman–Crippen MR) is 88.0 cm³/mol. The zero-order chi connectivity index (χ0) is 17.2. The molecule has 130 valence electrons. The van der Waals surface area contributed by atoms with E-state index in [4.69, 9.17) is 0 Å². The van der Waals surface area contributed by atoms with Crippen molar-refractivity contribution in [2.45, 2.75) is 38.5 Å².